The van der Waals surface area contributed by atoms with Crippen molar-refractivity contribution in [3.05, 3.63) is 18.3 Å². The maximum absolute atomic E-state index is 13.5. The summed E-state index contributed by atoms with van der Waals surface area (Å²) in [4.78, 5) is 30.3. The summed E-state index contributed by atoms with van der Waals surface area (Å²) in [6.45, 7) is 0. The molecule has 1 atom stereocenters. The molecule has 1 aliphatic carbocycles. The first kappa shape index (κ1) is 20.6. The molecule has 28 heavy (non-hydrogen) atoms. The van der Waals surface area contributed by atoms with Crippen LogP contribution in [0.15, 0.2) is 23.4 Å². The lowest BCUT2D eigenvalue weighted by molar-refractivity contribution is -0.148. The fourth-order valence-electron chi connectivity index (χ4n) is 3.78. The molecule has 2 aliphatic rings. The number of nitrogens with zero attached hydrogens (tertiary/aromatic N) is 2. The van der Waals surface area contributed by atoms with Crippen molar-refractivity contribution < 1.29 is 26.8 Å². The normalized spacial score (nSPS) is 23.5. The van der Waals surface area contributed by atoms with Crippen molar-refractivity contribution in [2.24, 2.45) is 5.14 Å². The van der Waals surface area contributed by atoms with Gasteiger partial charge in [-0.3, -0.25) is 9.59 Å². The first-order valence-electron chi connectivity index (χ1n) is 9.05. The van der Waals surface area contributed by atoms with E-state index in [1.54, 1.807) is 0 Å². The van der Waals surface area contributed by atoms with Crippen molar-refractivity contribution in [2.45, 2.75) is 68.0 Å². The van der Waals surface area contributed by atoms with Crippen molar-refractivity contribution in [3.8, 4) is 0 Å². The molecule has 1 aromatic heterocycles. The van der Waals surface area contributed by atoms with E-state index in [9.17, 15) is 26.8 Å². The summed E-state index contributed by atoms with van der Waals surface area (Å²) < 4.78 is 49.8. The number of nitrogens with two attached hydrogens (primary N) is 1. The van der Waals surface area contributed by atoms with Crippen LogP contribution < -0.4 is 10.5 Å². The second-order valence-electron chi connectivity index (χ2n) is 7.21. The van der Waals surface area contributed by atoms with E-state index in [0.29, 0.717) is 12.8 Å². The zero-order valence-electron chi connectivity index (χ0n) is 15.1. The summed E-state index contributed by atoms with van der Waals surface area (Å²) in [5.41, 5.74) is 0.178. The summed E-state index contributed by atoms with van der Waals surface area (Å²) >= 11 is 0. The molecule has 1 saturated heterocycles. The van der Waals surface area contributed by atoms with Gasteiger partial charge in [-0.25, -0.2) is 27.3 Å². The molecule has 1 unspecified atom stereocenters. The van der Waals surface area contributed by atoms with Gasteiger partial charge in [-0.2, -0.15) is 0 Å². The molecular formula is C17H22F2N4O4S. The van der Waals surface area contributed by atoms with Gasteiger partial charge in [0.05, 0.1) is 0 Å². The number of primary sulfonamides is 1. The molecule has 0 radical (unpaired) electrons. The van der Waals surface area contributed by atoms with Crippen LogP contribution in [0.25, 0.3) is 0 Å². The lowest BCUT2D eigenvalue weighted by atomic mass is 9.88. The van der Waals surface area contributed by atoms with Gasteiger partial charge in [0.25, 0.3) is 10.0 Å². The molecule has 8 nitrogen and oxygen atoms in total. The number of anilines is 1. The van der Waals surface area contributed by atoms with Crippen LogP contribution in [-0.2, 0) is 19.6 Å². The van der Waals surface area contributed by atoms with Gasteiger partial charge in [0, 0.05) is 43.3 Å². The number of alkyl halides is 2. The maximum atomic E-state index is 13.5. The Morgan fingerprint density at radius 2 is 1.96 bits per heavy atom. The molecule has 1 aliphatic heterocycles. The number of aromatic nitrogens is 1. The maximum Gasteiger partial charge on any atom is 0.255 e. The second-order valence-corrected chi connectivity index (χ2v) is 8.72. The van der Waals surface area contributed by atoms with Gasteiger partial charge < -0.3 is 10.2 Å². The van der Waals surface area contributed by atoms with Crippen LogP contribution >= 0.6 is 0 Å². The molecule has 2 heterocycles. The molecule has 0 bridgehead atoms. The fraction of sp³-hybridized carbons (Fsp3) is 0.588. The molecule has 1 aromatic rings. The number of nitrogens with one attached hydrogen (secondary N) is 1. The lowest BCUT2D eigenvalue weighted by Gasteiger charge is -2.43. The standard InChI is InChI=1S/C17H22F2N4O4S/c18-17(19)7-4-12(5-8-17)23-13(2-1-3-15(23)24)16(25)22-11-6-9-21-14(10-11)28(20,26)27/h6,9-10,12-13H,1-5,7-8H2,(H2,20,26,27)(H,21,22,25). The molecule has 1 saturated carbocycles. The van der Waals surface area contributed by atoms with E-state index in [1.807, 2.05) is 0 Å². The number of halogens is 2. The first-order chi connectivity index (χ1) is 13.1. The Balaban J connectivity index is 1.76. The minimum absolute atomic E-state index is 0.146. The number of pyridine rings is 1. The molecule has 0 spiro atoms. The largest absolute Gasteiger partial charge is 0.328 e. The lowest BCUT2D eigenvalue weighted by Crippen LogP contribution is -2.55. The van der Waals surface area contributed by atoms with Gasteiger partial charge >= 0.3 is 0 Å². The SMILES string of the molecule is NS(=O)(=O)c1cc(NC(=O)C2CCCC(=O)N2C2CCC(F)(F)CC2)ccn1. The predicted octanol–water partition coefficient (Wildman–Crippen LogP) is 1.63. The minimum atomic E-state index is -4.03. The smallest absolute Gasteiger partial charge is 0.255 e. The molecule has 3 rings (SSSR count). The summed E-state index contributed by atoms with van der Waals surface area (Å²) in [6.07, 6.45) is 2.09. The van der Waals surface area contributed by atoms with Gasteiger partial charge in [-0.15, -0.1) is 0 Å². The zero-order valence-corrected chi connectivity index (χ0v) is 15.9. The zero-order chi connectivity index (χ0) is 20.5. The average molecular weight is 416 g/mol. The monoisotopic (exact) mass is 416 g/mol. The van der Waals surface area contributed by atoms with Crippen LogP contribution in [0.1, 0.15) is 44.9 Å². The van der Waals surface area contributed by atoms with Crippen LogP contribution in [0.4, 0.5) is 14.5 Å². The third-order valence-electron chi connectivity index (χ3n) is 5.17. The van der Waals surface area contributed by atoms with Gasteiger partial charge in [0.1, 0.15) is 6.04 Å². The molecule has 2 fully saturated rings. The molecule has 3 N–H and O–H groups in total. The Kier molecular flexibility index (Phi) is 5.67. The number of likely N-dealkylation sites (tertiary alicyclic amines) is 1. The Labute approximate surface area is 161 Å². The topological polar surface area (TPSA) is 122 Å². The third-order valence-corrected chi connectivity index (χ3v) is 5.97. The van der Waals surface area contributed by atoms with Crippen LogP contribution in [-0.4, -0.2) is 48.1 Å². The number of sulfonamides is 1. The van der Waals surface area contributed by atoms with E-state index in [2.05, 4.69) is 10.3 Å². The average Bonchev–Trinajstić information content (AvgIpc) is 2.61. The quantitative estimate of drug-likeness (QED) is 0.772. The summed E-state index contributed by atoms with van der Waals surface area (Å²) in [6, 6.07) is 1.34. The van der Waals surface area contributed by atoms with Crippen LogP contribution in [0.5, 0.6) is 0 Å². The van der Waals surface area contributed by atoms with E-state index in [0.717, 1.165) is 6.07 Å². The van der Waals surface area contributed by atoms with Crippen LogP contribution in [0, 0.1) is 0 Å². The number of hydrogen-bond acceptors (Lipinski definition) is 5. The Morgan fingerprint density at radius 1 is 1.29 bits per heavy atom. The van der Waals surface area contributed by atoms with E-state index < -0.39 is 39.0 Å². The highest BCUT2D eigenvalue weighted by Crippen LogP contribution is 2.37. The first-order valence-corrected chi connectivity index (χ1v) is 10.6. The van der Waals surface area contributed by atoms with Gasteiger partial charge in [-0.05, 0) is 31.7 Å². The third kappa shape index (κ3) is 4.64. The Hall–Kier alpha value is -2.14. The number of carbonyl (C=O) groups is 2. The van der Waals surface area contributed by atoms with Crippen LogP contribution in [0.3, 0.4) is 0 Å². The molecule has 11 heteroatoms. The van der Waals surface area contributed by atoms with Gasteiger partial charge in [0.2, 0.25) is 17.7 Å². The number of hydrogen-bond donors (Lipinski definition) is 2. The molecule has 2 amide bonds. The predicted molar refractivity (Wildman–Crippen MR) is 95.9 cm³/mol. The fourth-order valence-corrected chi connectivity index (χ4v) is 4.27. The number of piperidine rings is 1. The number of rotatable bonds is 4. The van der Waals surface area contributed by atoms with E-state index in [1.165, 1.54) is 17.2 Å². The highest BCUT2D eigenvalue weighted by Gasteiger charge is 2.43. The van der Waals surface area contributed by atoms with Gasteiger partial charge in [0.15, 0.2) is 5.03 Å². The highest BCUT2D eigenvalue weighted by atomic mass is 32.2. The van der Waals surface area contributed by atoms with Crippen molar-refractivity contribution in [2.75, 3.05) is 5.32 Å². The molecule has 154 valence electrons. The van der Waals surface area contributed by atoms with Crippen molar-refractivity contribution in [1.82, 2.24) is 9.88 Å². The van der Waals surface area contributed by atoms with E-state index >= 15 is 0 Å². The van der Waals surface area contributed by atoms with Crippen molar-refractivity contribution >= 4 is 27.5 Å². The number of amides is 2. The Bertz CT molecular complexity index is 868. The van der Waals surface area contributed by atoms with Crippen LogP contribution in [0.2, 0.25) is 0 Å². The highest BCUT2D eigenvalue weighted by molar-refractivity contribution is 7.89. The molecular weight excluding hydrogens is 394 g/mol. The molecule has 0 aromatic carbocycles. The van der Waals surface area contributed by atoms with Crippen molar-refractivity contribution in [3.63, 3.8) is 0 Å². The van der Waals surface area contributed by atoms with Gasteiger partial charge in [-0.1, -0.05) is 0 Å². The Morgan fingerprint density at radius 3 is 2.61 bits per heavy atom. The summed E-state index contributed by atoms with van der Waals surface area (Å²) in [5.74, 6) is -3.44. The summed E-state index contributed by atoms with van der Waals surface area (Å²) in [5, 5.41) is 7.24. The van der Waals surface area contributed by atoms with Crippen molar-refractivity contribution in [1.29, 1.82) is 0 Å². The minimum Gasteiger partial charge on any atom is -0.328 e. The number of carbonyl (C=O) groups excluding carboxylic acids is 2. The van der Waals surface area contributed by atoms with E-state index in [-0.39, 0.29) is 43.7 Å². The van der Waals surface area contributed by atoms with E-state index in [4.69, 9.17) is 5.14 Å². The second kappa shape index (κ2) is 7.70. The summed E-state index contributed by atoms with van der Waals surface area (Å²) in [7, 11) is -4.03.